The molecule has 0 aliphatic carbocycles. The molecule has 0 bridgehead atoms. The predicted octanol–water partition coefficient (Wildman–Crippen LogP) is 5.30. The molecule has 3 aromatic rings. The number of anilines is 1. The zero-order valence-electron chi connectivity index (χ0n) is 19.8. The Hall–Kier alpha value is -3.39. The van der Waals surface area contributed by atoms with E-state index in [-0.39, 0.29) is 17.9 Å². The third kappa shape index (κ3) is 5.56. The van der Waals surface area contributed by atoms with Crippen molar-refractivity contribution in [3.05, 3.63) is 59.0 Å². The Labute approximate surface area is 203 Å². The van der Waals surface area contributed by atoms with Crippen molar-refractivity contribution in [2.45, 2.75) is 52.2 Å². The highest BCUT2D eigenvalue weighted by Crippen LogP contribution is 2.36. The van der Waals surface area contributed by atoms with Gasteiger partial charge in [0.25, 0.3) is 5.91 Å². The highest BCUT2D eigenvalue weighted by Gasteiger charge is 2.23. The molecule has 0 saturated heterocycles. The molecule has 1 aliphatic rings. The largest absolute Gasteiger partial charge is 0.493 e. The number of carbonyl (C=O) groups is 2. The summed E-state index contributed by atoms with van der Waals surface area (Å²) in [5.74, 6) is 1.52. The summed E-state index contributed by atoms with van der Waals surface area (Å²) in [6, 6.07) is 13.5. The second kappa shape index (κ2) is 10.3. The summed E-state index contributed by atoms with van der Waals surface area (Å²) >= 11 is 1.35. The highest BCUT2D eigenvalue weighted by atomic mass is 32.1. The molecule has 8 heteroatoms. The van der Waals surface area contributed by atoms with E-state index in [1.165, 1.54) is 23.8 Å². The summed E-state index contributed by atoms with van der Waals surface area (Å²) < 4.78 is 11.5. The molecule has 0 spiro atoms. The number of rotatable bonds is 7. The van der Waals surface area contributed by atoms with E-state index in [2.05, 4.69) is 29.5 Å². The summed E-state index contributed by atoms with van der Waals surface area (Å²) in [4.78, 5) is 28.8. The maximum atomic E-state index is 12.6. The van der Waals surface area contributed by atoms with E-state index >= 15 is 0 Å². The molecule has 1 aliphatic heterocycles. The van der Waals surface area contributed by atoms with Gasteiger partial charge in [-0.25, -0.2) is 4.98 Å². The van der Waals surface area contributed by atoms with Gasteiger partial charge in [-0.2, -0.15) is 0 Å². The summed E-state index contributed by atoms with van der Waals surface area (Å²) in [5, 5.41) is 8.21. The maximum absolute atomic E-state index is 12.6. The molecule has 4 rings (SSSR count). The van der Waals surface area contributed by atoms with Gasteiger partial charge < -0.3 is 14.8 Å². The second-order valence-corrected chi connectivity index (χ2v) is 9.51. The first kappa shape index (κ1) is 23.8. The molecule has 1 aromatic heterocycles. The van der Waals surface area contributed by atoms with Crippen LogP contribution in [0.1, 0.15) is 57.2 Å². The molecule has 34 heavy (non-hydrogen) atoms. The Morgan fingerprint density at radius 3 is 2.62 bits per heavy atom. The maximum Gasteiger partial charge on any atom is 0.266 e. The van der Waals surface area contributed by atoms with E-state index < -0.39 is 6.10 Å². The molecule has 2 unspecified atom stereocenters. The normalized spacial score (nSPS) is 15.7. The van der Waals surface area contributed by atoms with Gasteiger partial charge in [0.1, 0.15) is 11.5 Å². The van der Waals surface area contributed by atoms with Crippen LogP contribution in [0.2, 0.25) is 0 Å². The van der Waals surface area contributed by atoms with Crippen molar-refractivity contribution in [3.8, 4) is 22.8 Å². The SMILES string of the molecule is CC(=O)NC1CCOc2ccc(-c3csc(NC(=O)C(C)Oc4ccc(C(C)C)cc4)n3)cc21. The van der Waals surface area contributed by atoms with E-state index in [0.717, 1.165) is 22.6 Å². The van der Waals surface area contributed by atoms with Crippen LogP contribution in [0.4, 0.5) is 5.13 Å². The van der Waals surface area contributed by atoms with Gasteiger partial charge in [-0.1, -0.05) is 26.0 Å². The molecule has 0 fully saturated rings. The Bertz CT molecular complexity index is 1170. The van der Waals surface area contributed by atoms with Crippen molar-refractivity contribution in [1.29, 1.82) is 0 Å². The Kier molecular flexibility index (Phi) is 7.17. The van der Waals surface area contributed by atoms with Crippen molar-refractivity contribution >= 4 is 28.3 Å². The summed E-state index contributed by atoms with van der Waals surface area (Å²) in [6.07, 6.45) is 0.0449. The van der Waals surface area contributed by atoms with Crippen LogP contribution >= 0.6 is 11.3 Å². The number of hydrogen-bond acceptors (Lipinski definition) is 6. The number of hydrogen-bond donors (Lipinski definition) is 2. The first-order chi connectivity index (χ1) is 16.3. The first-order valence-corrected chi connectivity index (χ1v) is 12.3. The van der Waals surface area contributed by atoms with E-state index in [1.54, 1.807) is 6.92 Å². The lowest BCUT2D eigenvalue weighted by atomic mass is 9.97. The lowest BCUT2D eigenvalue weighted by Crippen LogP contribution is -2.30. The van der Waals surface area contributed by atoms with E-state index in [0.29, 0.717) is 29.8 Å². The fraction of sp³-hybridized carbons (Fsp3) is 0.346. The van der Waals surface area contributed by atoms with Crippen LogP contribution in [-0.2, 0) is 9.59 Å². The van der Waals surface area contributed by atoms with Crippen LogP contribution in [0, 0.1) is 0 Å². The number of thiazole rings is 1. The highest BCUT2D eigenvalue weighted by molar-refractivity contribution is 7.14. The minimum absolute atomic E-state index is 0.0749. The zero-order chi connectivity index (χ0) is 24.2. The standard InChI is InChI=1S/C26H29N3O4S/c1-15(2)18-5-8-20(9-6-18)33-16(3)25(31)29-26-28-23(14-34-26)19-7-10-24-21(13-19)22(11-12-32-24)27-17(4)30/h5-10,13-16,22H,11-12H2,1-4H3,(H,27,30)(H,28,29,31). The molecule has 7 nitrogen and oxygen atoms in total. The monoisotopic (exact) mass is 479 g/mol. The number of amides is 2. The van der Waals surface area contributed by atoms with Crippen molar-refractivity contribution in [1.82, 2.24) is 10.3 Å². The minimum atomic E-state index is -0.670. The Balaban J connectivity index is 1.42. The van der Waals surface area contributed by atoms with Crippen molar-refractivity contribution < 1.29 is 19.1 Å². The smallest absolute Gasteiger partial charge is 0.266 e. The second-order valence-electron chi connectivity index (χ2n) is 8.65. The van der Waals surface area contributed by atoms with Crippen LogP contribution < -0.4 is 20.1 Å². The van der Waals surface area contributed by atoms with E-state index in [9.17, 15) is 9.59 Å². The first-order valence-electron chi connectivity index (χ1n) is 11.4. The van der Waals surface area contributed by atoms with Crippen LogP contribution in [0.25, 0.3) is 11.3 Å². The van der Waals surface area contributed by atoms with Gasteiger partial charge in [0, 0.05) is 29.9 Å². The molecular weight excluding hydrogens is 450 g/mol. The topological polar surface area (TPSA) is 89.6 Å². The lowest BCUT2D eigenvalue weighted by molar-refractivity contribution is -0.122. The number of benzene rings is 2. The number of carbonyl (C=O) groups excluding carboxylic acids is 2. The number of aromatic nitrogens is 1. The number of nitrogens with zero attached hydrogens (tertiary/aromatic N) is 1. The van der Waals surface area contributed by atoms with Gasteiger partial charge >= 0.3 is 0 Å². The van der Waals surface area contributed by atoms with Gasteiger partial charge in [-0.05, 0) is 48.7 Å². The molecule has 2 N–H and O–H groups in total. The minimum Gasteiger partial charge on any atom is -0.493 e. The molecular formula is C26H29N3O4S. The van der Waals surface area contributed by atoms with Crippen LogP contribution in [0.15, 0.2) is 47.8 Å². The molecule has 2 aromatic carbocycles. The fourth-order valence-corrected chi connectivity index (χ4v) is 4.53. The number of ether oxygens (including phenoxy) is 2. The van der Waals surface area contributed by atoms with Gasteiger partial charge in [0.05, 0.1) is 18.3 Å². The number of fused-ring (bicyclic) bond motifs is 1. The van der Waals surface area contributed by atoms with Crippen LogP contribution in [0.3, 0.4) is 0 Å². The lowest BCUT2D eigenvalue weighted by Gasteiger charge is -2.26. The zero-order valence-corrected chi connectivity index (χ0v) is 20.6. The summed E-state index contributed by atoms with van der Waals surface area (Å²) in [6.45, 7) is 8.05. The van der Waals surface area contributed by atoms with Crippen LogP contribution in [0.5, 0.6) is 11.5 Å². The van der Waals surface area contributed by atoms with Crippen LogP contribution in [-0.4, -0.2) is 29.5 Å². The van der Waals surface area contributed by atoms with Gasteiger partial charge in [-0.3, -0.25) is 14.9 Å². The third-order valence-corrected chi connectivity index (χ3v) is 6.44. The molecule has 0 radical (unpaired) electrons. The number of nitrogens with one attached hydrogen (secondary N) is 2. The molecule has 2 heterocycles. The summed E-state index contributed by atoms with van der Waals surface area (Å²) in [5.41, 5.74) is 3.79. The van der Waals surface area contributed by atoms with Gasteiger partial charge in [0.2, 0.25) is 5.91 Å². The Morgan fingerprint density at radius 1 is 1.15 bits per heavy atom. The third-order valence-electron chi connectivity index (χ3n) is 5.69. The average molecular weight is 480 g/mol. The molecule has 178 valence electrons. The Morgan fingerprint density at radius 2 is 1.91 bits per heavy atom. The molecule has 2 atom stereocenters. The van der Waals surface area contributed by atoms with Gasteiger partial charge in [-0.15, -0.1) is 11.3 Å². The van der Waals surface area contributed by atoms with E-state index in [1.807, 2.05) is 47.8 Å². The van der Waals surface area contributed by atoms with E-state index in [4.69, 9.17) is 9.47 Å². The van der Waals surface area contributed by atoms with Crippen molar-refractivity contribution in [3.63, 3.8) is 0 Å². The molecule has 2 amide bonds. The quantitative estimate of drug-likeness (QED) is 0.480. The summed E-state index contributed by atoms with van der Waals surface area (Å²) in [7, 11) is 0. The van der Waals surface area contributed by atoms with Crippen molar-refractivity contribution in [2.24, 2.45) is 0 Å². The average Bonchev–Trinajstić information content (AvgIpc) is 3.27. The molecule has 0 saturated carbocycles. The van der Waals surface area contributed by atoms with Crippen molar-refractivity contribution in [2.75, 3.05) is 11.9 Å². The fourth-order valence-electron chi connectivity index (χ4n) is 3.81. The van der Waals surface area contributed by atoms with Gasteiger partial charge in [0.15, 0.2) is 11.2 Å². The predicted molar refractivity (Wildman–Crippen MR) is 133 cm³/mol.